The van der Waals surface area contributed by atoms with Crippen LogP contribution in [0.2, 0.25) is 19.6 Å². The van der Waals surface area contributed by atoms with Crippen molar-refractivity contribution in [2.45, 2.75) is 46.3 Å². The van der Waals surface area contributed by atoms with Gasteiger partial charge in [0, 0.05) is 17.8 Å². The molecule has 0 heterocycles. The zero-order valence-electron chi connectivity index (χ0n) is 13.5. The first-order valence-electron chi connectivity index (χ1n) is 7.10. The molecule has 0 atom stereocenters. The van der Waals surface area contributed by atoms with E-state index in [9.17, 15) is 9.59 Å². The van der Waals surface area contributed by atoms with Gasteiger partial charge in [0.15, 0.2) is 8.24 Å². The molecule has 0 fully saturated rings. The third-order valence-electron chi connectivity index (χ3n) is 2.81. The van der Waals surface area contributed by atoms with Gasteiger partial charge in [-0.15, -0.1) is 0 Å². The molecular formula is C16H24N2O2Si. The highest BCUT2D eigenvalue weighted by molar-refractivity contribution is 6.79. The lowest BCUT2D eigenvalue weighted by atomic mass is 10.1. The number of hydrazone groups is 1. The van der Waals surface area contributed by atoms with E-state index in [4.69, 9.17) is 0 Å². The fourth-order valence-electron chi connectivity index (χ4n) is 2.00. The van der Waals surface area contributed by atoms with Crippen LogP contribution in [-0.2, 0) is 9.59 Å². The summed E-state index contributed by atoms with van der Waals surface area (Å²) in [6.45, 7) is 9.88. The summed E-state index contributed by atoms with van der Waals surface area (Å²) in [7, 11) is -1.71. The second-order valence-corrected chi connectivity index (χ2v) is 11.0. The van der Waals surface area contributed by atoms with E-state index in [1.54, 1.807) is 0 Å². The zero-order chi connectivity index (χ0) is 16.0. The van der Waals surface area contributed by atoms with Gasteiger partial charge in [0.25, 0.3) is 0 Å². The van der Waals surface area contributed by atoms with Crippen LogP contribution in [0, 0.1) is 0 Å². The van der Waals surface area contributed by atoms with Crippen molar-refractivity contribution in [1.29, 1.82) is 0 Å². The Morgan fingerprint density at radius 1 is 1.05 bits per heavy atom. The van der Waals surface area contributed by atoms with E-state index in [0.29, 0.717) is 0 Å². The van der Waals surface area contributed by atoms with Gasteiger partial charge in [-0.25, -0.2) is 0 Å². The van der Waals surface area contributed by atoms with E-state index in [0.717, 1.165) is 11.4 Å². The summed E-state index contributed by atoms with van der Waals surface area (Å²) in [5, 5.41) is 4.64. The highest BCUT2D eigenvalue weighted by Gasteiger charge is 2.24. The van der Waals surface area contributed by atoms with Crippen molar-refractivity contribution >= 4 is 31.2 Å². The first-order chi connectivity index (χ1) is 9.70. The normalized spacial score (nSPS) is 12.1. The van der Waals surface area contributed by atoms with Gasteiger partial charge in [-0.05, 0) is 45.6 Å². The second kappa shape index (κ2) is 7.31. The first kappa shape index (κ1) is 17.3. The minimum Gasteiger partial charge on any atom is -0.300 e. The van der Waals surface area contributed by atoms with Crippen molar-refractivity contribution < 1.29 is 9.59 Å². The van der Waals surface area contributed by atoms with Crippen molar-refractivity contribution in [3.63, 3.8) is 0 Å². The van der Waals surface area contributed by atoms with Crippen LogP contribution in [0.25, 0.3) is 0 Å². The SMILES string of the molecule is CC(=O)CC(=O)C/C(C)=N/N(c1ccccc1)[Si](C)(C)C. The average Bonchev–Trinajstić information content (AvgIpc) is 2.34. The summed E-state index contributed by atoms with van der Waals surface area (Å²) in [5.41, 5.74) is 1.78. The summed E-state index contributed by atoms with van der Waals surface area (Å²) in [5.74, 6) is -0.176. The van der Waals surface area contributed by atoms with Gasteiger partial charge in [-0.3, -0.25) is 14.3 Å². The summed E-state index contributed by atoms with van der Waals surface area (Å²) in [4.78, 5) is 22.7. The molecule has 114 valence electrons. The molecular weight excluding hydrogens is 280 g/mol. The maximum Gasteiger partial charge on any atom is 0.176 e. The number of ketones is 2. The van der Waals surface area contributed by atoms with Gasteiger partial charge in [-0.1, -0.05) is 18.2 Å². The fraction of sp³-hybridized carbons (Fsp3) is 0.438. The Hall–Kier alpha value is -1.75. The summed E-state index contributed by atoms with van der Waals surface area (Å²) in [6, 6.07) is 9.97. The molecule has 0 N–H and O–H groups in total. The summed E-state index contributed by atoms with van der Waals surface area (Å²) in [6.07, 6.45) is 0.221. The lowest BCUT2D eigenvalue weighted by Gasteiger charge is -2.32. The minimum atomic E-state index is -1.71. The zero-order valence-corrected chi connectivity index (χ0v) is 14.5. The number of benzene rings is 1. The number of anilines is 1. The molecule has 0 radical (unpaired) electrons. The van der Waals surface area contributed by atoms with Gasteiger partial charge in [0.05, 0.1) is 6.42 Å². The third kappa shape index (κ3) is 6.04. The lowest BCUT2D eigenvalue weighted by molar-refractivity contribution is -0.125. The number of hydrogen-bond acceptors (Lipinski definition) is 4. The van der Waals surface area contributed by atoms with Crippen molar-refractivity contribution in [2.24, 2.45) is 5.10 Å². The number of nitrogens with zero attached hydrogens (tertiary/aromatic N) is 2. The van der Waals surface area contributed by atoms with E-state index in [1.165, 1.54) is 6.92 Å². The third-order valence-corrected chi connectivity index (χ3v) is 4.44. The van der Waals surface area contributed by atoms with Crippen LogP contribution in [0.4, 0.5) is 5.69 Å². The molecule has 0 aliphatic heterocycles. The molecule has 4 nitrogen and oxygen atoms in total. The highest BCUT2D eigenvalue weighted by Crippen LogP contribution is 2.22. The Bertz CT molecular complexity index is 533. The Kier molecular flexibility index (Phi) is 6.02. The standard InChI is InChI=1S/C16H24N2O2Si/c1-13(11-16(20)12-14(2)19)17-18(21(3,4)5)15-9-7-6-8-10-15/h6-10H,11-12H2,1-5H3/b17-13+. The molecule has 5 heteroatoms. The smallest absolute Gasteiger partial charge is 0.176 e. The number of rotatable bonds is 7. The molecule has 0 saturated heterocycles. The van der Waals surface area contributed by atoms with Crippen LogP contribution < -0.4 is 4.67 Å². The number of hydrogen-bond donors (Lipinski definition) is 0. The Morgan fingerprint density at radius 2 is 1.62 bits per heavy atom. The number of carbonyl (C=O) groups excluding carboxylic acids is 2. The number of Topliss-reactive ketones (excluding diaryl/α,β-unsaturated/α-hetero) is 2. The molecule has 0 aromatic heterocycles. The van der Waals surface area contributed by atoms with Crippen LogP contribution in [0.1, 0.15) is 26.7 Å². The fourth-order valence-corrected chi connectivity index (χ4v) is 3.39. The van der Waals surface area contributed by atoms with Crippen molar-refractivity contribution in [3.05, 3.63) is 30.3 Å². The van der Waals surface area contributed by atoms with E-state index in [1.807, 2.05) is 41.9 Å². The summed E-state index contributed by atoms with van der Waals surface area (Å²) < 4.78 is 2.05. The van der Waals surface area contributed by atoms with Crippen LogP contribution in [0.5, 0.6) is 0 Å². The molecule has 0 spiro atoms. The first-order valence-corrected chi connectivity index (χ1v) is 10.6. The van der Waals surface area contributed by atoms with Gasteiger partial charge >= 0.3 is 0 Å². The number of carbonyl (C=O) groups is 2. The molecule has 0 saturated carbocycles. The predicted octanol–water partition coefficient (Wildman–Crippen LogP) is 3.64. The Morgan fingerprint density at radius 3 is 2.10 bits per heavy atom. The maximum absolute atomic E-state index is 11.7. The van der Waals surface area contributed by atoms with Gasteiger partial charge < -0.3 is 0 Å². The van der Waals surface area contributed by atoms with Gasteiger partial charge in [0.2, 0.25) is 0 Å². The molecule has 1 aromatic rings. The molecule has 1 rings (SSSR count). The topological polar surface area (TPSA) is 49.7 Å². The molecule has 21 heavy (non-hydrogen) atoms. The van der Waals surface area contributed by atoms with Gasteiger partial charge in [0.1, 0.15) is 11.6 Å². The molecule has 1 aromatic carbocycles. The van der Waals surface area contributed by atoms with E-state index in [-0.39, 0.29) is 24.4 Å². The molecule has 0 aliphatic rings. The molecule has 0 bridgehead atoms. The van der Waals surface area contributed by atoms with Crippen LogP contribution in [0.15, 0.2) is 35.4 Å². The lowest BCUT2D eigenvalue weighted by Crippen LogP contribution is -2.43. The quantitative estimate of drug-likeness (QED) is 0.334. The van der Waals surface area contributed by atoms with Crippen molar-refractivity contribution in [3.8, 4) is 0 Å². The summed E-state index contributed by atoms with van der Waals surface area (Å²) >= 11 is 0. The Balaban J connectivity index is 2.93. The molecule has 0 amide bonds. The van der Waals surface area contributed by atoms with E-state index < -0.39 is 8.24 Å². The van der Waals surface area contributed by atoms with Crippen molar-refractivity contribution in [2.75, 3.05) is 4.67 Å². The Labute approximate surface area is 127 Å². The molecule has 0 unspecified atom stereocenters. The average molecular weight is 304 g/mol. The largest absolute Gasteiger partial charge is 0.300 e. The van der Waals surface area contributed by atoms with Crippen LogP contribution in [0.3, 0.4) is 0 Å². The van der Waals surface area contributed by atoms with E-state index >= 15 is 0 Å². The highest BCUT2D eigenvalue weighted by atomic mass is 28.3. The maximum atomic E-state index is 11.7. The second-order valence-electron chi connectivity index (χ2n) is 6.25. The van der Waals surface area contributed by atoms with Crippen molar-refractivity contribution in [1.82, 2.24) is 0 Å². The predicted molar refractivity (Wildman–Crippen MR) is 90.3 cm³/mol. The van der Waals surface area contributed by atoms with Gasteiger partial charge in [-0.2, -0.15) is 5.10 Å². The monoisotopic (exact) mass is 304 g/mol. The van der Waals surface area contributed by atoms with Crippen LogP contribution >= 0.6 is 0 Å². The number of para-hydroxylation sites is 1. The van der Waals surface area contributed by atoms with E-state index in [2.05, 4.69) is 24.7 Å². The molecule has 0 aliphatic carbocycles. The van der Waals surface area contributed by atoms with Crippen LogP contribution in [-0.4, -0.2) is 25.5 Å². The minimum absolute atomic E-state index is 0.00879.